The molecule has 1 aromatic heterocycles. The van der Waals surface area contributed by atoms with Gasteiger partial charge in [0.2, 0.25) is 0 Å². The summed E-state index contributed by atoms with van der Waals surface area (Å²) >= 11 is 12.2. The van der Waals surface area contributed by atoms with Gasteiger partial charge in [-0.3, -0.25) is 0 Å². The van der Waals surface area contributed by atoms with Crippen molar-refractivity contribution in [1.29, 1.82) is 0 Å². The number of aromatic amines is 1. The molecular weight excluding hydrogens is 407 g/mol. The quantitative estimate of drug-likeness (QED) is 0.438. The number of rotatable bonds is 3. The van der Waals surface area contributed by atoms with E-state index in [1.165, 1.54) is 0 Å². The molecule has 3 aromatic rings. The van der Waals surface area contributed by atoms with E-state index in [1.54, 1.807) is 30.3 Å². The summed E-state index contributed by atoms with van der Waals surface area (Å²) in [6.45, 7) is -0.482. The summed E-state index contributed by atoms with van der Waals surface area (Å²) in [5.41, 5.74) is 2.54. The molecule has 28 heavy (non-hydrogen) atoms. The van der Waals surface area contributed by atoms with E-state index in [9.17, 15) is 20.4 Å². The highest BCUT2D eigenvalue weighted by Gasteiger charge is 2.43. The molecule has 2 aromatic carbocycles. The number of halogens is 2. The maximum Gasteiger partial charge on any atom is 0.138 e. The number of ether oxygens (including phenoxy) is 1. The van der Waals surface area contributed by atoms with Gasteiger partial charge in [0.1, 0.15) is 41.9 Å². The van der Waals surface area contributed by atoms with Crippen LogP contribution in [-0.2, 0) is 4.74 Å². The fourth-order valence-electron chi connectivity index (χ4n) is 3.42. The van der Waals surface area contributed by atoms with Crippen LogP contribution < -0.4 is 0 Å². The fourth-order valence-corrected chi connectivity index (χ4v) is 3.95. The first-order valence-electron chi connectivity index (χ1n) is 8.64. The van der Waals surface area contributed by atoms with Crippen LogP contribution in [-0.4, -0.2) is 61.4 Å². The predicted molar refractivity (Wildman–Crippen MR) is 104 cm³/mol. The Morgan fingerprint density at radius 1 is 1.04 bits per heavy atom. The lowest BCUT2D eigenvalue weighted by molar-refractivity contribution is -0.231. The lowest BCUT2D eigenvalue weighted by Crippen LogP contribution is -2.55. The van der Waals surface area contributed by atoms with Crippen molar-refractivity contribution in [1.82, 2.24) is 9.97 Å². The van der Waals surface area contributed by atoms with Crippen LogP contribution in [0.15, 0.2) is 36.4 Å². The number of fused-ring (bicyclic) bond motifs is 1. The van der Waals surface area contributed by atoms with E-state index >= 15 is 0 Å². The molecule has 0 aliphatic carbocycles. The van der Waals surface area contributed by atoms with E-state index in [-0.39, 0.29) is 0 Å². The lowest BCUT2D eigenvalue weighted by atomic mass is 9.90. The number of nitrogens with zero attached hydrogens (tertiary/aromatic N) is 1. The number of hydrogen-bond donors (Lipinski definition) is 5. The first kappa shape index (κ1) is 19.6. The van der Waals surface area contributed by atoms with E-state index in [0.717, 1.165) is 0 Å². The largest absolute Gasteiger partial charge is 0.394 e. The molecule has 0 spiro atoms. The van der Waals surface area contributed by atoms with Crippen molar-refractivity contribution in [2.24, 2.45) is 0 Å². The van der Waals surface area contributed by atoms with Crippen LogP contribution in [0.5, 0.6) is 0 Å². The van der Waals surface area contributed by atoms with Gasteiger partial charge in [0.25, 0.3) is 0 Å². The standard InChI is InChI=1S/C19H18Cl2N2O5/c20-10-5-11(21)14-12(6-10)22-19(23-14)9-3-1-2-8(4-9)18-17(27)16(26)15(25)13(7-24)28-18/h1-6,13,15-18,24-27H,7H2,(H,22,23)/t13-,15-,16+,17+,18-/m1/s1. The number of imidazole rings is 1. The van der Waals surface area contributed by atoms with Crippen molar-refractivity contribution in [3.63, 3.8) is 0 Å². The molecule has 9 heteroatoms. The Kier molecular flexibility index (Phi) is 5.32. The SMILES string of the molecule is OC[C@H]1O[C@H](c2cccc(-c3nc4c(Cl)cc(Cl)cc4[nH]3)c2)[C@@H](O)[C@@H](O)[C@@H]1O. The van der Waals surface area contributed by atoms with Crippen molar-refractivity contribution in [3.8, 4) is 11.4 Å². The minimum absolute atomic E-state index is 0.426. The third-order valence-corrected chi connectivity index (χ3v) is 5.39. The topological polar surface area (TPSA) is 119 Å². The minimum atomic E-state index is -1.44. The Balaban J connectivity index is 1.71. The summed E-state index contributed by atoms with van der Waals surface area (Å²) in [4.78, 5) is 7.67. The number of aliphatic hydroxyl groups is 4. The Bertz CT molecular complexity index is 1010. The van der Waals surface area contributed by atoms with Gasteiger partial charge in [-0.15, -0.1) is 0 Å². The number of hydrogen-bond acceptors (Lipinski definition) is 6. The van der Waals surface area contributed by atoms with Crippen LogP contribution in [0.3, 0.4) is 0 Å². The summed E-state index contributed by atoms with van der Waals surface area (Å²) in [6, 6.07) is 10.4. The smallest absolute Gasteiger partial charge is 0.138 e. The molecule has 0 unspecified atom stereocenters. The lowest BCUT2D eigenvalue weighted by Gasteiger charge is -2.40. The molecule has 4 rings (SSSR count). The second-order valence-corrected chi connectivity index (χ2v) is 7.59. The van der Waals surface area contributed by atoms with E-state index in [1.807, 2.05) is 6.07 Å². The molecule has 1 aliphatic rings. The van der Waals surface area contributed by atoms with E-state index < -0.39 is 37.1 Å². The number of aromatic nitrogens is 2. The molecule has 7 nitrogen and oxygen atoms in total. The molecule has 5 atom stereocenters. The van der Waals surface area contributed by atoms with E-state index in [0.29, 0.717) is 38.0 Å². The summed E-state index contributed by atoms with van der Waals surface area (Å²) in [7, 11) is 0. The monoisotopic (exact) mass is 424 g/mol. The van der Waals surface area contributed by atoms with Crippen LogP contribution >= 0.6 is 23.2 Å². The van der Waals surface area contributed by atoms with Crippen LogP contribution in [0, 0.1) is 0 Å². The van der Waals surface area contributed by atoms with Gasteiger partial charge >= 0.3 is 0 Å². The predicted octanol–water partition coefficient (Wildman–Crippen LogP) is 2.05. The third-order valence-electron chi connectivity index (χ3n) is 4.89. The second kappa shape index (κ2) is 7.61. The van der Waals surface area contributed by atoms with Crippen molar-refractivity contribution >= 4 is 34.2 Å². The van der Waals surface area contributed by atoms with Gasteiger partial charge < -0.3 is 30.1 Å². The van der Waals surface area contributed by atoms with Crippen LogP contribution in [0.2, 0.25) is 10.0 Å². The fraction of sp³-hybridized carbons (Fsp3) is 0.316. The van der Waals surface area contributed by atoms with Gasteiger partial charge in [0, 0.05) is 10.6 Å². The van der Waals surface area contributed by atoms with Crippen molar-refractivity contribution in [2.75, 3.05) is 6.61 Å². The summed E-state index contributed by atoms with van der Waals surface area (Å²) in [5.74, 6) is 0.547. The zero-order valence-corrected chi connectivity index (χ0v) is 16.0. The Hall–Kier alpha value is -1.71. The first-order chi connectivity index (χ1) is 13.4. The maximum absolute atomic E-state index is 10.3. The van der Waals surface area contributed by atoms with Gasteiger partial charge in [0.15, 0.2) is 0 Å². The highest BCUT2D eigenvalue weighted by Crippen LogP contribution is 2.35. The zero-order valence-electron chi connectivity index (χ0n) is 14.5. The van der Waals surface area contributed by atoms with Crippen molar-refractivity contribution in [3.05, 3.63) is 52.0 Å². The molecule has 0 bridgehead atoms. The Labute approximate surface area is 170 Å². The minimum Gasteiger partial charge on any atom is -0.394 e. The van der Waals surface area contributed by atoms with Gasteiger partial charge in [-0.05, 0) is 23.8 Å². The molecule has 2 heterocycles. The number of nitrogens with one attached hydrogen (secondary N) is 1. The summed E-state index contributed by atoms with van der Waals surface area (Å²) in [6.07, 6.45) is -6.08. The average Bonchev–Trinajstić information content (AvgIpc) is 3.11. The molecule has 0 radical (unpaired) electrons. The van der Waals surface area contributed by atoms with Crippen LogP contribution in [0.4, 0.5) is 0 Å². The number of aliphatic hydroxyl groups excluding tert-OH is 4. The van der Waals surface area contributed by atoms with E-state index in [2.05, 4.69) is 9.97 Å². The van der Waals surface area contributed by atoms with Gasteiger partial charge in [0.05, 0.1) is 17.1 Å². The second-order valence-electron chi connectivity index (χ2n) is 6.74. The number of benzene rings is 2. The zero-order chi connectivity index (χ0) is 20.0. The number of H-pyrrole nitrogens is 1. The van der Waals surface area contributed by atoms with Gasteiger partial charge in [-0.2, -0.15) is 0 Å². The van der Waals surface area contributed by atoms with Gasteiger partial charge in [-0.1, -0.05) is 41.4 Å². The highest BCUT2D eigenvalue weighted by atomic mass is 35.5. The Morgan fingerprint density at radius 2 is 1.82 bits per heavy atom. The Morgan fingerprint density at radius 3 is 2.57 bits per heavy atom. The maximum atomic E-state index is 10.3. The average molecular weight is 425 g/mol. The van der Waals surface area contributed by atoms with Crippen molar-refractivity contribution < 1.29 is 25.2 Å². The third kappa shape index (κ3) is 3.40. The molecule has 0 amide bonds. The molecule has 0 saturated carbocycles. The molecule has 148 valence electrons. The normalized spacial score (nSPS) is 28.0. The summed E-state index contributed by atoms with van der Waals surface area (Å²) < 4.78 is 5.62. The first-order valence-corrected chi connectivity index (χ1v) is 9.40. The van der Waals surface area contributed by atoms with Gasteiger partial charge in [-0.25, -0.2) is 4.98 Å². The molecule has 5 N–H and O–H groups in total. The molecule has 1 saturated heterocycles. The van der Waals surface area contributed by atoms with Crippen molar-refractivity contribution in [2.45, 2.75) is 30.5 Å². The van der Waals surface area contributed by atoms with Crippen LogP contribution in [0.25, 0.3) is 22.4 Å². The highest BCUT2D eigenvalue weighted by molar-refractivity contribution is 6.38. The van der Waals surface area contributed by atoms with E-state index in [4.69, 9.17) is 27.9 Å². The molecular formula is C19H18Cl2N2O5. The summed E-state index contributed by atoms with van der Waals surface area (Å²) in [5, 5.41) is 40.6. The van der Waals surface area contributed by atoms with Crippen LogP contribution in [0.1, 0.15) is 11.7 Å². The molecule has 1 aliphatic heterocycles. The molecule has 1 fully saturated rings.